The first kappa shape index (κ1) is 21.8. The fourth-order valence-electron chi connectivity index (χ4n) is 4.88. The third-order valence-corrected chi connectivity index (χ3v) is 6.57. The van der Waals surface area contributed by atoms with Gasteiger partial charge in [-0.2, -0.15) is 0 Å². The third-order valence-electron chi connectivity index (χ3n) is 6.57. The Morgan fingerprint density at radius 1 is 1.10 bits per heavy atom. The summed E-state index contributed by atoms with van der Waals surface area (Å²) >= 11 is 0. The van der Waals surface area contributed by atoms with E-state index >= 15 is 0 Å². The van der Waals surface area contributed by atoms with Gasteiger partial charge in [-0.05, 0) is 48.4 Å². The summed E-state index contributed by atoms with van der Waals surface area (Å²) in [7, 11) is 0. The number of β-amino-alcohol motifs (C(OH)–C–C–N with tert-alkyl or cyclic N) is 1. The van der Waals surface area contributed by atoms with Crippen LogP contribution in [-0.4, -0.2) is 80.1 Å². The number of benzene rings is 1. The fraction of sp³-hybridized carbons (Fsp3) is 0.667. The van der Waals surface area contributed by atoms with E-state index < -0.39 is 6.10 Å². The Hall–Kier alpha value is -1.47. The van der Waals surface area contributed by atoms with E-state index in [-0.39, 0.29) is 12.4 Å². The molecule has 0 bridgehead atoms. The Labute approximate surface area is 179 Å². The van der Waals surface area contributed by atoms with E-state index in [0.717, 1.165) is 49.7 Å². The Bertz CT molecular complexity index is 712. The van der Waals surface area contributed by atoms with Crippen LogP contribution in [0, 0.1) is 11.7 Å². The molecule has 4 rings (SSSR count). The predicted molar refractivity (Wildman–Crippen MR) is 116 cm³/mol. The summed E-state index contributed by atoms with van der Waals surface area (Å²) in [6, 6.07) is 4.78. The zero-order chi connectivity index (χ0) is 20.8. The molecule has 166 valence electrons. The maximum atomic E-state index is 14.0. The van der Waals surface area contributed by atoms with Gasteiger partial charge in [-0.15, -0.1) is 0 Å². The summed E-state index contributed by atoms with van der Waals surface area (Å²) < 4.78 is 25.1. The lowest BCUT2D eigenvalue weighted by atomic mass is 10.0. The van der Waals surface area contributed by atoms with Gasteiger partial charge >= 0.3 is 0 Å². The number of hydrogen-bond acceptors (Lipinski definition) is 5. The molecule has 1 N–H and O–H groups in total. The summed E-state index contributed by atoms with van der Waals surface area (Å²) in [6.07, 6.45) is 7.76. The van der Waals surface area contributed by atoms with E-state index in [0.29, 0.717) is 25.5 Å². The molecule has 0 amide bonds. The zero-order valence-corrected chi connectivity index (χ0v) is 17.9. The minimum Gasteiger partial charge on any atom is -0.491 e. The Morgan fingerprint density at radius 3 is 2.60 bits per heavy atom. The van der Waals surface area contributed by atoms with E-state index in [1.807, 2.05) is 12.1 Å². The van der Waals surface area contributed by atoms with Gasteiger partial charge in [-0.3, -0.25) is 4.90 Å². The van der Waals surface area contributed by atoms with Gasteiger partial charge in [0.25, 0.3) is 0 Å². The molecule has 1 saturated heterocycles. The van der Waals surface area contributed by atoms with Crippen LogP contribution in [0.25, 0.3) is 5.57 Å². The predicted octanol–water partition coefficient (Wildman–Crippen LogP) is 3.18. The van der Waals surface area contributed by atoms with E-state index in [2.05, 4.69) is 9.80 Å². The average molecular weight is 419 g/mol. The molecule has 2 aliphatic heterocycles. The highest BCUT2D eigenvalue weighted by Crippen LogP contribution is 2.27. The van der Waals surface area contributed by atoms with Crippen LogP contribution in [0.3, 0.4) is 0 Å². The minimum absolute atomic E-state index is 0.174. The van der Waals surface area contributed by atoms with Crippen LogP contribution in [0.5, 0.6) is 5.75 Å². The zero-order valence-electron chi connectivity index (χ0n) is 17.9. The van der Waals surface area contributed by atoms with Crippen molar-refractivity contribution < 1.29 is 19.0 Å². The molecular weight excluding hydrogens is 383 g/mol. The van der Waals surface area contributed by atoms with Gasteiger partial charge in [0.2, 0.25) is 0 Å². The first-order chi connectivity index (χ1) is 14.7. The van der Waals surface area contributed by atoms with E-state index in [9.17, 15) is 9.50 Å². The Morgan fingerprint density at radius 2 is 1.87 bits per heavy atom. The number of ether oxygens (including phenoxy) is 2. The van der Waals surface area contributed by atoms with Crippen LogP contribution < -0.4 is 4.74 Å². The second-order valence-electron chi connectivity index (χ2n) is 8.95. The van der Waals surface area contributed by atoms with Crippen molar-refractivity contribution in [1.29, 1.82) is 0 Å². The third kappa shape index (κ3) is 6.27. The van der Waals surface area contributed by atoms with Gasteiger partial charge in [0.05, 0.1) is 13.2 Å². The molecule has 0 spiro atoms. The van der Waals surface area contributed by atoms with Gasteiger partial charge in [-0.25, -0.2) is 4.39 Å². The van der Waals surface area contributed by atoms with Crippen molar-refractivity contribution in [3.8, 4) is 5.75 Å². The highest BCUT2D eigenvalue weighted by Gasteiger charge is 2.23. The number of piperazine rings is 1. The van der Waals surface area contributed by atoms with Gasteiger partial charge < -0.3 is 19.5 Å². The van der Waals surface area contributed by atoms with E-state index in [4.69, 9.17) is 9.47 Å². The van der Waals surface area contributed by atoms with Crippen molar-refractivity contribution in [2.24, 2.45) is 5.92 Å². The number of hydrogen-bond donors (Lipinski definition) is 1. The van der Waals surface area contributed by atoms with Crippen molar-refractivity contribution in [2.45, 2.75) is 38.2 Å². The van der Waals surface area contributed by atoms with Crippen molar-refractivity contribution in [2.75, 3.05) is 59.1 Å². The lowest BCUT2D eigenvalue weighted by Crippen LogP contribution is -2.50. The summed E-state index contributed by atoms with van der Waals surface area (Å²) in [4.78, 5) is 4.89. The molecule has 1 saturated carbocycles. The summed E-state index contributed by atoms with van der Waals surface area (Å²) in [6.45, 7) is 7.37. The molecule has 1 aromatic rings. The molecule has 0 radical (unpaired) electrons. The van der Waals surface area contributed by atoms with Gasteiger partial charge in [0, 0.05) is 45.3 Å². The molecule has 1 aliphatic carbocycles. The molecule has 2 heterocycles. The maximum absolute atomic E-state index is 14.0. The standard InChI is InChI=1S/C24H35FN2O3/c25-22-13-21(20-5-11-29-12-6-20)14-24(15-22)30-18-23(28)17-27-9-7-26(8-10-27)16-19-3-1-2-4-19/h5,13-15,19,23,28H,1-4,6-12,16-18H2. The number of rotatable bonds is 8. The van der Waals surface area contributed by atoms with Crippen LogP contribution in [0.1, 0.15) is 37.7 Å². The second-order valence-corrected chi connectivity index (χ2v) is 8.95. The highest BCUT2D eigenvalue weighted by atomic mass is 19.1. The molecule has 5 nitrogen and oxygen atoms in total. The molecule has 6 heteroatoms. The summed E-state index contributed by atoms with van der Waals surface area (Å²) in [5.41, 5.74) is 1.92. The fourth-order valence-corrected chi connectivity index (χ4v) is 4.88. The monoisotopic (exact) mass is 418 g/mol. The van der Waals surface area contributed by atoms with Gasteiger partial charge in [0.15, 0.2) is 0 Å². The SMILES string of the molecule is OC(COc1cc(F)cc(C2=CCOCC2)c1)CN1CCN(CC2CCCC2)CC1. The largest absolute Gasteiger partial charge is 0.491 e. The maximum Gasteiger partial charge on any atom is 0.127 e. The molecule has 1 atom stereocenters. The van der Waals surface area contributed by atoms with Crippen LogP contribution in [0.15, 0.2) is 24.3 Å². The molecule has 1 aromatic carbocycles. The van der Waals surface area contributed by atoms with Crippen LogP contribution in [-0.2, 0) is 4.74 Å². The quantitative estimate of drug-likeness (QED) is 0.703. The van der Waals surface area contributed by atoms with Crippen LogP contribution >= 0.6 is 0 Å². The second kappa shape index (κ2) is 10.7. The van der Waals surface area contributed by atoms with E-state index in [1.54, 1.807) is 0 Å². The molecule has 3 aliphatic rings. The van der Waals surface area contributed by atoms with Crippen LogP contribution in [0.2, 0.25) is 0 Å². The Balaban J connectivity index is 1.21. The Kier molecular flexibility index (Phi) is 7.77. The highest BCUT2D eigenvalue weighted by molar-refractivity contribution is 5.67. The number of nitrogens with zero attached hydrogens (tertiary/aromatic N) is 2. The van der Waals surface area contributed by atoms with Gasteiger partial charge in [-0.1, -0.05) is 18.9 Å². The summed E-state index contributed by atoms with van der Waals surface area (Å²) in [5, 5.41) is 10.4. The average Bonchev–Trinajstić information content (AvgIpc) is 3.27. The lowest BCUT2D eigenvalue weighted by Gasteiger charge is -2.36. The smallest absolute Gasteiger partial charge is 0.127 e. The van der Waals surface area contributed by atoms with Crippen molar-refractivity contribution >= 4 is 5.57 Å². The van der Waals surface area contributed by atoms with Crippen molar-refractivity contribution in [3.05, 3.63) is 35.7 Å². The number of aliphatic hydroxyl groups is 1. The number of halogens is 1. The van der Waals surface area contributed by atoms with Crippen molar-refractivity contribution in [3.63, 3.8) is 0 Å². The minimum atomic E-state index is -0.583. The lowest BCUT2D eigenvalue weighted by molar-refractivity contribution is 0.0431. The van der Waals surface area contributed by atoms with Crippen molar-refractivity contribution in [1.82, 2.24) is 9.80 Å². The first-order valence-electron chi connectivity index (χ1n) is 11.5. The molecule has 30 heavy (non-hydrogen) atoms. The van der Waals surface area contributed by atoms with Gasteiger partial charge in [0.1, 0.15) is 24.3 Å². The molecular formula is C24H35FN2O3. The summed E-state index contributed by atoms with van der Waals surface area (Å²) in [5.74, 6) is 1.05. The van der Waals surface area contributed by atoms with E-state index in [1.165, 1.54) is 44.4 Å². The van der Waals surface area contributed by atoms with Crippen LogP contribution in [0.4, 0.5) is 4.39 Å². The normalized spacial score (nSPS) is 22.8. The first-order valence-corrected chi connectivity index (χ1v) is 11.5. The topological polar surface area (TPSA) is 45.2 Å². The molecule has 0 aromatic heterocycles. The number of aliphatic hydroxyl groups excluding tert-OH is 1. The molecule has 1 unspecified atom stereocenters. The molecule has 2 fully saturated rings.